The zero-order valence-electron chi connectivity index (χ0n) is 20.0. The fraction of sp³-hybridized carbons (Fsp3) is 0.148. The summed E-state index contributed by atoms with van der Waals surface area (Å²) in [5, 5.41) is 3.33. The highest BCUT2D eigenvalue weighted by Gasteiger charge is 2.24. The van der Waals surface area contributed by atoms with Gasteiger partial charge in [0.2, 0.25) is 5.69 Å². The van der Waals surface area contributed by atoms with Crippen LogP contribution >= 0.6 is 0 Å². The van der Waals surface area contributed by atoms with Crippen LogP contribution in [-0.2, 0) is 7.05 Å². The molecule has 0 atom stereocenters. The topological polar surface area (TPSA) is 30.2 Å². The molecule has 0 aliphatic rings. The summed E-state index contributed by atoms with van der Waals surface area (Å²) in [5.74, 6) is 0. The monoisotopic (exact) mass is 395 g/mol. The first-order chi connectivity index (χ1) is 15.7. The summed E-state index contributed by atoms with van der Waals surface area (Å²) in [6.07, 6.45) is 2.01. The lowest BCUT2D eigenvalue weighted by Gasteiger charge is -2.08. The Bertz CT molecular complexity index is 1740. The number of hydrogen-bond acceptors (Lipinski definition) is 2. The summed E-state index contributed by atoms with van der Waals surface area (Å²) in [7, 11) is 1.98. The van der Waals surface area contributed by atoms with Crippen molar-refractivity contribution >= 4 is 43.9 Å². The number of benzene rings is 3. The van der Waals surface area contributed by atoms with Gasteiger partial charge in [-0.2, -0.15) is 0 Å². The van der Waals surface area contributed by atoms with E-state index in [0.29, 0.717) is 27.7 Å². The van der Waals surface area contributed by atoms with Crippen LogP contribution in [0.4, 0.5) is 0 Å². The molecule has 0 amide bonds. The Balaban J connectivity index is 1.84. The van der Waals surface area contributed by atoms with Crippen molar-refractivity contribution in [3.05, 3.63) is 77.5 Å². The van der Waals surface area contributed by atoms with Gasteiger partial charge >= 0.3 is 0 Å². The predicted octanol–water partition coefficient (Wildman–Crippen LogP) is 6.90. The molecule has 3 nitrogen and oxygen atoms in total. The Morgan fingerprint density at radius 3 is 2.47 bits per heavy atom. The number of para-hydroxylation sites is 1. The first-order valence-electron chi connectivity index (χ1n) is 11.5. The third-order valence-electron chi connectivity index (χ3n) is 6.02. The second-order valence-electron chi connectivity index (χ2n) is 8.04. The number of aryl methyl sites for hydroxylation is 4. The summed E-state index contributed by atoms with van der Waals surface area (Å²) in [4.78, 5) is 0. The lowest BCUT2D eigenvalue weighted by molar-refractivity contribution is -0.660. The highest BCUT2D eigenvalue weighted by atomic mass is 16.4. The van der Waals surface area contributed by atoms with Crippen LogP contribution in [0.3, 0.4) is 0 Å². The molecule has 0 N–H and O–H groups in total. The molecule has 0 radical (unpaired) electrons. The minimum Gasteiger partial charge on any atom is -0.452 e. The van der Waals surface area contributed by atoms with Gasteiger partial charge in [-0.05, 0) is 55.6 Å². The van der Waals surface area contributed by atoms with Gasteiger partial charge < -0.3 is 8.83 Å². The van der Waals surface area contributed by atoms with E-state index in [1.165, 1.54) is 0 Å². The molecule has 3 aromatic heterocycles. The molecule has 3 heterocycles. The van der Waals surface area contributed by atoms with Crippen LogP contribution in [0.2, 0.25) is 0 Å². The fourth-order valence-corrected chi connectivity index (χ4v) is 4.56. The van der Waals surface area contributed by atoms with E-state index < -0.39 is 6.85 Å². The number of pyridine rings is 1. The number of aromatic nitrogens is 1. The smallest absolute Gasteiger partial charge is 0.216 e. The van der Waals surface area contributed by atoms with E-state index in [2.05, 4.69) is 6.07 Å². The Hall–Kier alpha value is -3.59. The van der Waals surface area contributed by atoms with Gasteiger partial charge in [-0.25, -0.2) is 4.57 Å². The molecule has 6 aromatic rings. The van der Waals surface area contributed by atoms with Crippen molar-refractivity contribution in [3.63, 3.8) is 0 Å². The summed E-state index contributed by atoms with van der Waals surface area (Å²) in [6.45, 7) is 1.70. The Morgan fingerprint density at radius 2 is 1.60 bits per heavy atom. The Kier molecular flexibility index (Phi) is 2.86. The molecule has 30 heavy (non-hydrogen) atoms. The van der Waals surface area contributed by atoms with Gasteiger partial charge in [-0.1, -0.05) is 24.3 Å². The largest absolute Gasteiger partial charge is 0.452 e. The van der Waals surface area contributed by atoms with Crippen molar-refractivity contribution in [1.29, 1.82) is 0 Å². The van der Waals surface area contributed by atoms with Gasteiger partial charge in [0, 0.05) is 37.8 Å². The number of fused-ring (bicyclic) bond motifs is 7. The van der Waals surface area contributed by atoms with E-state index >= 15 is 0 Å². The maximum Gasteiger partial charge on any atom is 0.216 e. The fourth-order valence-electron chi connectivity index (χ4n) is 4.56. The highest BCUT2D eigenvalue weighted by Crippen LogP contribution is 2.43. The van der Waals surface area contributed by atoms with Gasteiger partial charge in [0.25, 0.3) is 0 Å². The standard InChI is InChI=1S/C27H22NO2/c1-15-11-12-28(4)21(13-15)24-17(3)14-16(2)23-20-10-9-19-18-7-5-6-8-22(18)29-25(19)26(20)30-27(23)24/h5-14H,1-4H3/q+1/i2D3. The van der Waals surface area contributed by atoms with Gasteiger partial charge in [0.1, 0.15) is 18.2 Å². The van der Waals surface area contributed by atoms with E-state index in [1.54, 1.807) is 6.07 Å². The van der Waals surface area contributed by atoms with Gasteiger partial charge in [-0.3, -0.25) is 0 Å². The quantitative estimate of drug-likeness (QED) is 0.283. The molecule has 0 saturated heterocycles. The van der Waals surface area contributed by atoms with Crippen LogP contribution in [0.15, 0.2) is 69.6 Å². The molecule has 0 saturated carbocycles. The summed E-state index contributed by atoms with van der Waals surface area (Å²) in [6, 6.07) is 17.7. The third kappa shape index (κ3) is 2.23. The second kappa shape index (κ2) is 5.96. The lowest BCUT2D eigenvalue weighted by atomic mass is 9.96. The summed E-state index contributed by atoms with van der Waals surface area (Å²) >= 11 is 0. The molecule has 0 aliphatic heterocycles. The summed E-state index contributed by atoms with van der Waals surface area (Å²) in [5.41, 5.74) is 6.69. The van der Waals surface area contributed by atoms with Crippen molar-refractivity contribution in [2.45, 2.75) is 20.7 Å². The second-order valence-corrected chi connectivity index (χ2v) is 8.04. The number of nitrogens with zero attached hydrogens (tertiary/aromatic N) is 1. The minimum absolute atomic E-state index is 0.295. The lowest BCUT2D eigenvalue weighted by Crippen LogP contribution is -2.30. The van der Waals surface area contributed by atoms with Crippen LogP contribution in [-0.4, -0.2) is 0 Å². The first-order valence-corrected chi connectivity index (χ1v) is 10.0. The van der Waals surface area contributed by atoms with E-state index in [0.717, 1.165) is 44.1 Å². The van der Waals surface area contributed by atoms with Gasteiger partial charge in [0.15, 0.2) is 17.4 Å². The van der Waals surface area contributed by atoms with Crippen molar-refractivity contribution in [2.24, 2.45) is 7.05 Å². The Morgan fingerprint density at radius 1 is 0.800 bits per heavy atom. The minimum atomic E-state index is -2.28. The van der Waals surface area contributed by atoms with Crippen LogP contribution < -0.4 is 4.57 Å². The zero-order valence-corrected chi connectivity index (χ0v) is 17.0. The van der Waals surface area contributed by atoms with Crippen molar-refractivity contribution in [2.75, 3.05) is 0 Å². The molecule has 0 spiro atoms. The maximum atomic E-state index is 8.23. The molecule has 146 valence electrons. The SMILES string of the molecule is [2H]C([2H])([2H])c1cc(C)c(-c2cc(C)cc[n+]2C)c2oc3c(ccc4c5ccccc5oc43)c12. The Labute approximate surface area is 178 Å². The average molecular weight is 395 g/mol. The van der Waals surface area contributed by atoms with E-state index in [1.807, 2.05) is 74.1 Å². The molecule has 0 fully saturated rings. The van der Waals surface area contributed by atoms with Gasteiger partial charge in [0.05, 0.1) is 5.56 Å². The summed E-state index contributed by atoms with van der Waals surface area (Å²) < 4.78 is 39.5. The molecule has 3 aromatic carbocycles. The normalized spacial score (nSPS) is 13.9. The molecule has 0 aliphatic carbocycles. The van der Waals surface area contributed by atoms with Crippen LogP contribution in [0.25, 0.3) is 55.1 Å². The van der Waals surface area contributed by atoms with Crippen molar-refractivity contribution in [1.82, 2.24) is 0 Å². The van der Waals surface area contributed by atoms with Crippen LogP contribution in [0.5, 0.6) is 0 Å². The van der Waals surface area contributed by atoms with Crippen molar-refractivity contribution in [3.8, 4) is 11.3 Å². The van der Waals surface area contributed by atoms with Crippen LogP contribution in [0.1, 0.15) is 20.8 Å². The first kappa shape index (κ1) is 14.4. The molecular formula is C27H22NO2+. The number of furan rings is 2. The molecule has 3 heteroatoms. The third-order valence-corrected chi connectivity index (χ3v) is 6.02. The molecule has 0 bridgehead atoms. The molecule has 0 unspecified atom stereocenters. The highest BCUT2D eigenvalue weighted by molar-refractivity contribution is 6.20. The zero-order chi connectivity index (χ0) is 23.1. The van der Waals surface area contributed by atoms with Crippen LogP contribution in [0, 0.1) is 20.7 Å². The van der Waals surface area contributed by atoms with Crippen molar-refractivity contribution < 1.29 is 17.5 Å². The maximum absolute atomic E-state index is 8.23. The van der Waals surface area contributed by atoms with E-state index in [4.69, 9.17) is 12.9 Å². The average Bonchev–Trinajstić information content (AvgIpc) is 3.33. The number of hydrogen-bond donors (Lipinski definition) is 0. The van der Waals surface area contributed by atoms with Gasteiger partial charge in [-0.15, -0.1) is 0 Å². The molecule has 6 rings (SSSR count). The van der Waals surface area contributed by atoms with E-state index in [9.17, 15) is 0 Å². The number of rotatable bonds is 1. The van der Waals surface area contributed by atoms with E-state index in [-0.39, 0.29) is 0 Å². The predicted molar refractivity (Wildman–Crippen MR) is 122 cm³/mol. The molecular weight excluding hydrogens is 370 g/mol.